The van der Waals surface area contributed by atoms with Crippen LogP contribution in [0.4, 0.5) is 0 Å². The van der Waals surface area contributed by atoms with Gasteiger partial charge in [-0.25, -0.2) is 0 Å². The van der Waals surface area contributed by atoms with E-state index in [2.05, 4.69) is 31.9 Å². The molecule has 0 amide bonds. The Kier molecular flexibility index (Phi) is 2.38. The second-order valence-electron chi connectivity index (χ2n) is 3.57. The minimum atomic E-state index is 0.674. The maximum atomic E-state index is 4.00. The van der Waals surface area contributed by atoms with Gasteiger partial charge in [-0.2, -0.15) is 0 Å². The molecule has 0 aromatic heterocycles. The molecule has 0 aromatic rings. The van der Waals surface area contributed by atoms with E-state index in [9.17, 15) is 0 Å². The molecule has 1 aliphatic rings. The summed E-state index contributed by atoms with van der Waals surface area (Å²) in [5.74, 6) is 1.42. The van der Waals surface area contributed by atoms with Crippen LogP contribution in [0.15, 0.2) is 24.9 Å². The summed E-state index contributed by atoms with van der Waals surface area (Å²) in [4.78, 5) is 2.27. The largest absolute Gasteiger partial charge is 0.377 e. The van der Waals surface area contributed by atoms with Crippen molar-refractivity contribution in [3.05, 3.63) is 24.9 Å². The molecule has 1 heterocycles. The highest BCUT2D eigenvalue weighted by molar-refractivity contribution is 5.04. The predicted molar refractivity (Wildman–Crippen MR) is 49.2 cm³/mol. The van der Waals surface area contributed by atoms with Crippen LogP contribution in [0.1, 0.15) is 13.8 Å². The van der Waals surface area contributed by atoms with Crippen LogP contribution in [-0.2, 0) is 0 Å². The van der Waals surface area contributed by atoms with Gasteiger partial charge in [0.05, 0.1) is 0 Å². The van der Waals surface area contributed by atoms with Gasteiger partial charge in [-0.05, 0) is 19.0 Å². The van der Waals surface area contributed by atoms with Gasteiger partial charge in [0.15, 0.2) is 0 Å². The van der Waals surface area contributed by atoms with Gasteiger partial charge in [-0.15, -0.1) is 0 Å². The van der Waals surface area contributed by atoms with E-state index in [4.69, 9.17) is 0 Å². The molecule has 0 bridgehead atoms. The average molecular weight is 151 g/mol. The number of hydrogen-bond acceptors (Lipinski definition) is 1. The molecule has 2 atom stereocenters. The zero-order chi connectivity index (χ0) is 8.43. The van der Waals surface area contributed by atoms with Crippen molar-refractivity contribution in [1.29, 1.82) is 0 Å². The first-order valence-corrected chi connectivity index (χ1v) is 4.17. The summed E-state index contributed by atoms with van der Waals surface area (Å²) in [6.07, 6.45) is 1.93. The smallest absolute Gasteiger partial charge is 0.0241 e. The third-order valence-electron chi connectivity index (χ3n) is 2.53. The van der Waals surface area contributed by atoms with Gasteiger partial charge >= 0.3 is 0 Å². The van der Waals surface area contributed by atoms with Crippen molar-refractivity contribution in [1.82, 2.24) is 4.90 Å². The van der Waals surface area contributed by atoms with Crippen molar-refractivity contribution in [2.45, 2.75) is 13.8 Å². The Balaban J connectivity index is 2.58. The molecule has 0 radical (unpaired) electrons. The van der Waals surface area contributed by atoms with Gasteiger partial charge in [0.1, 0.15) is 0 Å². The zero-order valence-corrected chi connectivity index (χ0v) is 7.51. The summed E-state index contributed by atoms with van der Waals surface area (Å²) < 4.78 is 0. The van der Waals surface area contributed by atoms with Gasteiger partial charge in [0, 0.05) is 19.0 Å². The number of nitrogens with zero attached hydrogens (tertiary/aromatic N) is 1. The minimum absolute atomic E-state index is 0.674. The van der Waals surface area contributed by atoms with E-state index in [1.54, 1.807) is 0 Å². The lowest BCUT2D eigenvalue weighted by Crippen LogP contribution is -2.12. The Labute approximate surface area is 69.4 Å². The third kappa shape index (κ3) is 1.65. The highest BCUT2D eigenvalue weighted by atomic mass is 15.1. The third-order valence-corrected chi connectivity index (χ3v) is 2.53. The first-order chi connectivity index (χ1) is 5.15. The Bertz CT molecular complexity index is 172. The monoisotopic (exact) mass is 151 g/mol. The summed E-state index contributed by atoms with van der Waals surface area (Å²) in [6, 6.07) is 0. The standard InChI is InChI=1S/C10H17N/c1-5-11-6-9(4)10(7-11)8(2)3/h5,9-10H,1-2,6-7H2,3-4H3. The van der Waals surface area contributed by atoms with Crippen LogP contribution in [0.5, 0.6) is 0 Å². The van der Waals surface area contributed by atoms with Crippen LogP contribution in [0.3, 0.4) is 0 Å². The molecule has 1 aliphatic heterocycles. The van der Waals surface area contributed by atoms with E-state index in [0.29, 0.717) is 5.92 Å². The van der Waals surface area contributed by atoms with Crippen LogP contribution in [0, 0.1) is 11.8 Å². The molecule has 1 rings (SSSR count). The van der Waals surface area contributed by atoms with Gasteiger partial charge in [0.25, 0.3) is 0 Å². The van der Waals surface area contributed by atoms with Crippen molar-refractivity contribution in [3.63, 3.8) is 0 Å². The van der Waals surface area contributed by atoms with Crippen molar-refractivity contribution in [3.8, 4) is 0 Å². The van der Waals surface area contributed by atoms with Crippen LogP contribution in [-0.4, -0.2) is 18.0 Å². The maximum Gasteiger partial charge on any atom is 0.0241 e. The normalized spacial score (nSPS) is 30.5. The molecule has 1 saturated heterocycles. The molecule has 62 valence electrons. The van der Waals surface area contributed by atoms with Crippen LogP contribution in [0.2, 0.25) is 0 Å². The van der Waals surface area contributed by atoms with E-state index in [-0.39, 0.29) is 0 Å². The van der Waals surface area contributed by atoms with E-state index in [1.807, 2.05) is 6.20 Å². The van der Waals surface area contributed by atoms with Crippen LogP contribution < -0.4 is 0 Å². The fraction of sp³-hybridized carbons (Fsp3) is 0.600. The Hall–Kier alpha value is -0.720. The molecular weight excluding hydrogens is 134 g/mol. The van der Waals surface area contributed by atoms with Gasteiger partial charge in [-0.3, -0.25) is 0 Å². The molecule has 11 heavy (non-hydrogen) atoms. The number of likely N-dealkylation sites (tertiary alicyclic amines) is 1. The van der Waals surface area contributed by atoms with E-state index in [0.717, 1.165) is 19.0 Å². The maximum absolute atomic E-state index is 4.00. The molecule has 1 heteroatoms. The van der Waals surface area contributed by atoms with Gasteiger partial charge < -0.3 is 4.90 Å². The number of hydrogen-bond donors (Lipinski definition) is 0. The lowest BCUT2D eigenvalue weighted by atomic mass is 9.92. The quantitative estimate of drug-likeness (QED) is 0.547. The van der Waals surface area contributed by atoms with Gasteiger partial charge in [0.2, 0.25) is 0 Å². The van der Waals surface area contributed by atoms with E-state index < -0.39 is 0 Å². The highest BCUT2D eigenvalue weighted by Gasteiger charge is 2.27. The first-order valence-electron chi connectivity index (χ1n) is 4.17. The summed E-state index contributed by atoms with van der Waals surface area (Å²) in [5.41, 5.74) is 1.31. The summed E-state index contributed by atoms with van der Waals surface area (Å²) in [6.45, 7) is 14.4. The molecule has 0 aromatic carbocycles. The SMILES string of the molecule is C=CN1CC(C)C(C(=C)C)C1. The van der Waals surface area contributed by atoms with Crippen molar-refractivity contribution in [2.24, 2.45) is 11.8 Å². The van der Waals surface area contributed by atoms with E-state index in [1.165, 1.54) is 5.57 Å². The number of rotatable bonds is 2. The summed E-state index contributed by atoms with van der Waals surface area (Å²) >= 11 is 0. The Morgan fingerprint density at radius 3 is 2.45 bits per heavy atom. The zero-order valence-electron chi connectivity index (χ0n) is 7.51. The molecule has 0 saturated carbocycles. The van der Waals surface area contributed by atoms with Crippen LogP contribution in [0.25, 0.3) is 0 Å². The highest BCUT2D eigenvalue weighted by Crippen LogP contribution is 2.27. The molecule has 0 aliphatic carbocycles. The Morgan fingerprint density at radius 1 is 1.55 bits per heavy atom. The second-order valence-corrected chi connectivity index (χ2v) is 3.57. The molecule has 2 unspecified atom stereocenters. The minimum Gasteiger partial charge on any atom is -0.377 e. The van der Waals surface area contributed by atoms with Crippen molar-refractivity contribution in [2.75, 3.05) is 13.1 Å². The van der Waals surface area contributed by atoms with Crippen LogP contribution >= 0.6 is 0 Å². The van der Waals surface area contributed by atoms with Crippen molar-refractivity contribution < 1.29 is 0 Å². The average Bonchev–Trinajstić information content (AvgIpc) is 2.30. The fourth-order valence-corrected chi connectivity index (χ4v) is 1.79. The lowest BCUT2D eigenvalue weighted by molar-refractivity contribution is 0.448. The molecular formula is C10H17N. The molecule has 0 spiro atoms. The van der Waals surface area contributed by atoms with E-state index >= 15 is 0 Å². The topological polar surface area (TPSA) is 3.24 Å². The fourth-order valence-electron chi connectivity index (χ4n) is 1.79. The van der Waals surface area contributed by atoms with Crippen molar-refractivity contribution >= 4 is 0 Å². The molecule has 1 fully saturated rings. The summed E-state index contributed by atoms with van der Waals surface area (Å²) in [5, 5.41) is 0. The van der Waals surface area contributed by atoms with Gasteiger partial charge in [-0.1, -0.05) is 25.7 Å². The lowest BCUT2D eigenvalue weighted by Gasteiger charge is -2.12. The predicted octanol–water partition coefficient (Wildman–Crippen LogP) is 2.27. The Morgan fingerprint density at radius 2 is 2.18 bits per heavy atom. The molecule has 1 nitrogen and oxygen atoms in total. The summed E-state index contributed by atoms with van der Waals surface area (Å²) in [7, 11) is 0. The first kappa shape index (κ1) is 8.38. The second kappa shape index (κ2) is 3.12. The molecule has 0 N–H and O–H groups in total.